The van der Waals surface area contributed by atoms with Crippen molar-refractivity contribution in [1.82, 2.24) is 15.0 Å². The molecule has 0 bridgehead atoms. The van der Waals surface area contributed by atoms with Gasteiger partial charge in [-0.2, -0.15) is 0 Å². The zero-order valence-electron chi connectivity index (χ0n) is 10.1. The lowest BCUT2D eigenvalue weighted by Gasteiger charge is -2.11. The van der Waals surface area contributed by atoms with E-state index in [9.17, 15) is 5.11 Å². The summed E-state index contributed by atoms with van der Waals surface area (Å²) in [4.78, 5) is 0. The summed E-state index contributed by atoms with van der Waals surface area (Å²) in [7, 11) is 0. The molecule has 0 aliphatic carbocycles. The minimum absolute atomic E-state index is 0.126. The van der Waals surface area contributed by atoms with Crippen molar-refractivity contribution in [2.24, 2.45) is 0 Å². The second kappa shape index (κ2) is 5.10. The lowest BCUT2D eigenvalue weighted by Crippen LogP contribution is -2.07. The van der Waals surface area contributed by atoms with Gasteiger partial charge in [0.25, 0.3) is 0 Å². The van der Waals surface area contributed by atoms with E-state index in [0.717, 1.165) is 0 Å². The Morgan fingerprint density at radius 2 is 2.00 bits per heavy atom. The fourth-order valence-electron chi connectivity index (χ4n) is 1.73. The number of rotatable bonds is 4. The van der Waals surface area contributed by atoms with Crippen LogP contribution in [0.4, 0.5) is 0 Å². The molecule has 2 atom stereocenters. The van der Waals surface area contributed by atoms with Crippen LogP contribution in [0.2, 0.25) is 0 Å². The van der Waals surface area contributed by atoms with Crippen molar-refractivity contribution >= 4 is 0 Å². The molecule has 1 heterocycles. The first-order chi connectivity index (χ1) is 8.22. The Hall–Kier alpha value is -1.68. The van der Waals surface area contributed by atoms with E-state index < -0.39 is 6.10 Å². The van der Waals surface area contributed by atoms with Crippen molar-refractivity contribution in [2.75, 3.05) is 0 Å². The molecule has 0 aliphatic rings. The Kier molecular flexibility index (Phi) is 3.54. The number of hydrogen-bond donors (Lipinski definition) is 1. The molecule has 2 unspecified atom stereocenters. The maximum atomic E-state index is 9.68. The molecule has 2 aromatic rings. The second-order valence-corrected chi connectivity index (χ2v) is 4.13. The van der Waals surface area contributed by atoms with Crippen LogP contribution in [0, 0.1) is 0 Å². The molecule has 0 amide bonds. The van der Waals surface area contributed by atoms with Gasteiger partial charge in [-0.25, -0.2) is 4.68 Å². The number of benzene rings is 1. The third kappa shape index (κ3) is 2.53. The summed E-state index contributed by atoms with van der Waals surface area (Å²) >= 11 is 0. The average molecular weight is 231 g/mol. The lowest BCUT2D eigenvalue weighted by molar-refractivity contribution is 0.168. The van der Waals surface area contributed by atoms with Gasteiger partial charge in [0, 0.05) is 0 Å². The highest BCUT2D eigenvalue weighted by atomic mass is 16.3. The molecule has 0 saturated carbocycles. The summed E-state index contributed by atoms with van der Waals surface area (Å²) in [6.07, 6.45) is 1.94. The fourth-order valence-corrected chi connectivity index (χ4v) is 1.73. The fraction of sp³-hybridized carbons (Fsp3) is 0.385. The molecule has 2 rings (SSSR count). The third-order valence-corrected chi connectivity index (χ3v) is 2.93. The zero-order chi connectivity index (χ0) is 12.3. The summed E-state index contributed by atoms with van der Waals surface area (Å²) in [5.41, 5.74) is 1.81. The molecule has 4 nitrogen and oxygen atoms in total. The monoisotopic (exact) mass is 231 g/mol. The first-order valence-corrected chi connectivity index (χ1v) is 5.87. The zero-order valence-corrected chi connectivity index (χ0v) is 10.1. The molecule has 0 spiro atoms. The molecule has 0 radical (unpaired) electrons. The van der Waals surface area contributed by atoms with E-state index in [4.69, 9.17) is 0 Å². The van der Waals surface area contributed by atoms with Gasteiger partial charge in [-0.3, -0.25) is 0 Å². The molecule has 0 fully saturated rings. The van der Waals surface area contributed by atoms with Crippen LogP contribution in [0.15, 0.2) is 36.5 Å². The maximum Gasteiger partial charge on any atom is 0.111 e. The minimum Gasteiger partial charge on any atom is -0.387 e. The summed E-state index contributed by atoms with van der Waals surface area (Å²) < 4.78 is 1.78. The summed E-state index contributed by atoms with van der Waals surface area (Å²) in [6, 6.07) is 10.2. The minimum atomic E-state index is -0.522. The Bertz CT molecular complexity index is 467. The van der Waals surface area contributed by atoms with E-state index in [-0.39, 0.29) is 6.04 Å². The lowest BCUT2D eigenvalue weighted by atomic mass is 10.1. The van der Waals surface area contributed by atoms with Crippen LogP contribution in [0.25, 0.3) is 0 Å². The molecule has 17 heavy (non-hydrogen) atoms. The standard InChI is InChI=1S/C13H17N3O/c1-3-13(17)12-9-16(15-14-12)10(2)11-7-5-4-6-8-11/h4-10,13,17H,3H2,1-2H3. The number of nitrogens with zero attached hydrogens (tertiary/aromatic N) is 3. The van der Waals surface area contributed by atoms with Gasteiger partial charge >= 0.3 is 0 Å². The smallest absolute Gasteiger partial charge is 0.111 e. The van der Waals surface area contributed by atoms with Crippen molar-refractivity contribution in [3.63, 3.8) is 0 Å². The summed E-state index contributed by atoms with van der Waals surface area (Å²) in [6.45, 7) is 3.98. The van der Waals surface area contributed by atoms with Gasteiger partial charge in [0.1, 0.15) is 5.69 Å². The maximum absolute atomic E-state index is 9.68. The quantitative estimate of drug-likeness (QED) is 0.878. The van der Waals surface area contributed by atoms with Crippen molar-refractivity contribution in [2.45, 2.75) is 32.4 Å². The van der Waals surface area contributed by atoms with Gasteiger partial charge in [-0.15, -0.1) is 5.10 Å². The molecule has 90 valence electrons. The average Bonchev–Trinajstić information content (AvgIpc) is 2.87. The van der Waals surface area contributed by atoms with Crippen LogP contribution in [-0.4, -0.2) is 20.1 Å². The van der Waals surface area contributed by atoms with Crippen LogP contribution < -0.4 is 0 Å². The van der Waals surface area contributed by atoms with Crippen molar-refractivity contribution < 1.29 is 5.11 Å². The van der Waals surface area contributed by atoms with Gasteiger partial charge in [-0.1, -0.05) is 42.5 Å². The van der Waals surface area contributed by atoms with Crippen molar-refractivity contribution in [3.8, 4) is 0 Å². The number of hydrogen-bond acceptors (Lipinski definition) is 3. The first-order valence-electron chi connectivity index (χ1n) is 5.87. The van der Waals surface area contributed by atoms with Crippen molar-refractivity contribution in [3.05, 3.63) is 47.8 Å². The van der Waals surface area contributed by atoms with Gasteiger partial charge in [0.05, 0.1) is 18.3 Å². The highest BCUT2D eigenvalue weighted by molar-refractivity contribution is 5.19. The van der Waals surface area contributed by atoms with Crippen molar-refractivity contribution in [1.29, 1.82) is 0 Å². The molecule has 0 aliphatic heterocycles. The highest BCUT2D eigenvalue weighted by Crippen LogP contribution is 2.19. The van der Waals surface area contributed by atoms with Crippen LogP contribution in [0.1, 0.15) is 43.7 Å². The van der Waals surface area contributed by atoms with Crippen LogP contribution in [0.5, 0.6) is 0 Å². The van der Waals surface area contributed by atoms with E-state index in [1.54, 1.807) is 4.68 Å². The van der Waals surface area contributed by atoms with E-state index in [0.29, 0.717) is 12.1 Å². The third-order valence-electron chi connectivity index (χ3n) is 2.93. The molecule has 1 N–H and O–H groups in total. The molecule has 1 aromatic heterocycles. The predicted molar refractivity (Wildman–Crippen MR) is 65.5 cm³/mol. The molecule has 1 aromatic carbocycles. The predicted octanol–water partition coefficient (Wildman–Crippen LogP) is 2.33. The van der Waals surface area contributed by atoms with E-state index >= 15 is 0 Å². The Morgan fingerprint density at radius 1 is 1.29 bits per heavy atom. The van der Waals surface area contributed by atoms with Gasteiger partial charge in [0.2, 0.25) is 0 Å². The summed E-state index contributed by atoms with van der Waals surface area (Å²) in [5.74, 6) is 0. The first kappa shape index (κ1) is 11.8. The largest absolute Gasteiger partial charge is 0.387 e. The number of aliphatic hydroxyl groups excluding tert-OH is 1. The van der Waals surface area contributed by atoms with Gasteiger partial charge in [0.15, 0.2) is 0 Å². The van der Waals surface area contributed by atoms with Crippen LogP contribution in [0.3, 0.4) is 0 Å². The topological polar surface area (TPSA) is 50.9 Å². The Balaban J connectivity index is 2.20. The van der Waals surface area contributed by atoms with E-state index in [1.807, 2.05) is 31.3 Å². The van der Waals surface area contributed by atoms with Crippen LogP contribution >= 0.6 is 0 Å². The molecular formula is C13H17N3O. The SMILES string of the molecule is CCC(O)c1cn(C(C)c2ccccc2)nn1. The van der Waals surface area contributed by atoms with Gasteiger partial charge in [-0.05, 0) is 18.9 Å². The molecule has 0 saturated heterocycles. The van der Waals surface area contributed by atoms with E-state index in [2.05, 4.69) is 29.4 Å². The molecular weight excluding hydrogens is 214 g/mol. The number of aromatic nitrogens is 3. The number of aliphatic hydroxyl groups is 1. The Labute approximate surface area is 101 Å². The van der Waals surface area contributed by atoms with Gasteiger partial charge < -0.3 is 5.11 Å². The Morgan fingerprint density at radius 3 is 2.65 bits per heavy atom. The second-order valence-electron chi connectivity index (χ2n) is 4.13. The van der Waals surface area contributed by atoms with Crippen LogP contribution in [-0.2, 0) is 0 Å². The molecule has 4 heteroatoms. The van der Waals surface area contributed by atoms with E-state index in [1.165, 1.54) is 5.56 Å². The normalized spacial score (nSPS) is 14.5. The summed E-state index contributed by atoms with van der Waals surface area (Å²) in [5, 5.41) is 17.7. The highest BCUT2D eigenvalue weighted by Gasteiger charge is 2.13.